The molecule has 0 saturated carbocycles. The summed E-state index contributed by atoms with van der Waals surface area (Å²) in [4.78, 5) is 18.8. The molecule has 1 aliphatic rings. The van der Waals surface area contributed by atoms with E-state index in [-0.39, 0.29) is 12.5 Å². The first-order valence-electron chi connectivity index (χ1n) is 8.19. The molecule has 6 heteroatoms. The zero-order valence-corrected chi connectivity index (χ0v) is 14.3. The third-order valence-electron chi connectivity index (χ3n) is 4.24. The van der Waals surface area contributed by atoms with Crippen LogP contribution in [0.2, 0.25) is 0 Å². The van der Waals surface area contributed by atoms with Crippen LogP contribution in [-0.2, 0) is 16.1 Å². The van der Waals surface area contributed by atoms with E-state index in [2.05, 4.69) is 22.1 Å². The first-order chi connectivity index (χ1) is 11.3. The van der Waals surface area contributed by atoms with Crippen LogP contribution < -0.4 is 5.32 Å². The fourth-order valence-corrected chi connectivity index (χ4v) is 3.94. The SMILES string of the molecule is CCN1CCC[C@H]1CNC(=O)COCc1nc2ccccc2s1. The van der Waals surface area contributed by atoms with Gasteiger partial charge in [-0.2, -0.15) is 0 Å². The summed E-state index contributed by atoms with van der Waals surface area (Å²) in [6.45, 7) is 5.56. The number of likely N-dealkylation sites (tertiary alicyclic amines) is 1. The van der Waals surface area contributed by atoms with Gasteiger partial charge in [-0.05, 0) is 38.1 Å². The number of thiazole rings is 1. The van der Waals surface area contributed by atoms with E-state index in [9.17, 15) is 4.79 Å². The minimum atomic E-state index is -0.0472. The van der Waals surface area contributed by atoms with Crippen LogP contribution in [0.4, 0.5) is 0 Å². The molecule has 5 nitrogen and oxygen atoms in total. The lowest BCUT2D eigenvalue weighted by molar-refractivity contribution is -0.126. The molecule has 124 valence electrons. The average molecular weight is 333 g/mol. The van der Waals surface area contributed by atoms with Gasteiger partial charge in [0.1, 0.15) is 11.6 Å². The smallest absolute Gasteiger partial charge is 0.246 e. The molecule has 0 radical (unpaired) electrons. The number of aromatic nitrogens is 1. The molecule has 1 atom stereocenters. The van der Waals surface area contributed by atoms with Gasteiger partial charge in [-0.3, -0.25) is 9.69 Å². The monoisotopic (exact) mass is 333 g/mol. The highest BCUT2D eigenvalue weighted by atomic mass is 32.1. The number of hydrogen-bond acceptors (Lipinski definition) is 5. The van der Waals surface area contributed by atoms with Crippen molar-refractivity contribution in [1.82, 2.24) is 15.2 Å². The normalized spacial score (nSPS) is 18.6. The van der Waals surface area contributed by atoms with Gasteiger partial charge < -0.3 is 10.1 Å². The zero-order valence-electron chi connectivity index (χ0n) is 13.5. The van der Waals surface area contributed by atoms with Gasteiger partial charge in [0.05, 0.1) is 16.8 Å². The van der Waals surface area contributed by atoms with E-state index in [4.69, 9.17) is 4.74 Å². The Morgan fingerprint density at radius 1 is 1.48 bits per heavy atom. The lowest BCUT2D eigenvalue weighted by atomic mass is 10.2. The van der Waals surface area contributed by atoms with Crippen LogP contribution in [0.1, 0.15) is 24.8 Å². The molecule has 1 fully saturated rings. The standard InChI is InChI=1S/C17H23N3O2S/c1-2-20-9-5-6-13(20)10-18-16(21)11-22-12-17-19-14-7-3-4-8-15(14)23-17/h3-4,7-8,13H,2,5-6,9-12H2,1H3,(H,18,21)/t13-/m0/s1. The molecule has 1 saturated heterocycles. The van der Waals surface area contributed by atoms with E-state index < -0.39 is 0 Å². The number of benzene rings is 1. The van der Waals surface area contributed by atoms with E-state index in [1.54, 1.807) is 11.3 Å². The Hall–Kier alpha value is -1.50. The van der Waals surface area contributed by atoms with Gasteiger partial charge in [-0.1, -0.05) is 19.1 Å². The van der Waals surface area contributed by atoms with Crippen molar-refractivity contribution in [3.63, 3.8) is 0 Å². The second kappa shape index (κ2) is 7.86. The number of rotatable bonds is 7. The fraction of sp³-hybridized carbons (Fsp3) is 0.529. The molecule has 1 N–H and O–H groups in total. The van der Waals surface area contributed by atoms with E-state index in [0.717, 1.165) is 34.9 Å². The number of amides is 1. The first kappa shape index (κ1) is 16.4. The van der Waals surface area contributed by atoms with Crippen LogP contribution in [0, 0.1) is 0 Å². The second-order valence-corrected chi connectivity index (χ2v) is 6.91. The van der Waals surface area contributed by atoms with Gasteiger partial charge in [-0.25, -0.2) is 4.98 Å². The summed E-state index contributed by atoms with van der Waals surface area (Å²) < 4.78 is 6.65. The summed E-state index contributed by atoms with van der Waals surface area (Å²) in [6.07, 6.45) is 2.39. The molecule has 0 aliphatic carbocycles. The minimum absolute atomic E-state index is 0.0472. The molecule has 0 spiro atoms. The van der Waals surface area contributed by atoms with Crippen LogP contribution in [0.25, 0.3) is 10.2 Å². The van der Waals surface area contributed by atoms with Crippen LogP contribution in [0.3, 0.4) is 0 Å². The summed E-state index contributed by atoms with van der Waals surface area (Å²) in [5, 5.41) is 3.89. The zero-order chi connectivity index (χ0) is 16.1. The second-order valence-electron chi connectivity index (χ2n) is 5.80. The number of nitrogens with one attached hydrogen (secondary N) is 1. The number of ether oxygens (including phenoxy) is 1. The molecule has 0 unspecified atom stereocenters. The highest BCUT2D eigenvalue weighted by Gasteiger charge is 2.23. The summed E-state index contributed by atoms with van der Waals surface area (Å²) >= 11 is 1.61. The fourth-order valence-electron chi connectivity index (χ4n) is 3.04. The highest BCUT2D eigenvalue weighted by Crippen LogP contribution is 2.21. The quantitative estimate of drug-likeness (QED) is 0.845. The van der Waals surface area contributed by atoms with Crippen molar-refractivity contribution in [2.75, 3.05) is 26.2 Å². The first-order valence-corrected chi connectivity index (χ1v) is 9.01. The Kier molecular flexibility index (Phi) is 5.59. The Labute approximate surface area is 140 Å². The van der Waals surface area contributed by atoms with Gasteiger partial charge in [0.15, 0.2) is 0 Å². The molecular weight excluding hydrogens is 310 g/mol. The number of para-hydroxylation sites is 1. The molecule has 1 aromatic carbocycles. The van der Waals surface area contributed by atoms with Crippen molar-refractivity contribution in [2.45, 2.75) is 32.4 Å². The predicted molar refractivity (Wildman–Crippen MR) is 92.6 cm³/mol. The number of nitrogens with zero attached hydrogens (tertiary/aromatic N) is 2. The largest absolute Gasteiger partial charge is 0.364 e. The summed E-state index contributed by atoms with van der Waals surface area (Å²) in [5.41, 5.74) is 0.987. The number of carbonyl (C=O) groups is 1. The third kappa shape index (κ3) is 4.28. The molecule has 1 aliphatic heterocycles. The molecule has 1 aromatic heterocycles. The van der Waals surface area contributed by atoms with E-state index in [1.165, 1.54) is 12.8 Å². The average Bonchev–Trinajstić information content (AvgIpc) is 3.18. The van der Waals surface area contributed by atoms with Crippen molar-refractivity contribution in [3.8, 4) is 0 Å². The van der Waals surface area contributed by atoms with E-state index >= 15 is 0 Å². The van der Waals surface area contributed by atoms with Gasteiger partial charge in [-0.15, -0.1) is 11.3 Å². The Bertz CT molecular complexity index is 625. The van der Waals surface area contributed by atoms with Crippen molar-refractivity contribution in [3.05, 3.63) is 29.3 Å². The lowest BCUT2D eigenvalue weighted by Gasteiger charge is -2.22. The highest BCUT2D eigenvalue weighted by molar-refractivity contribution is 7.18. The Balaban J connectivity index is 1.39. The minimum Gasteiger partial charge on any atom is -0.364 e. The molecular formula is C17H23N3O2S. The van der Waals surface area contributed by atoms with Gasteiger partial charge in [0, 0.05) is 12.6 Å². The van der Waals surface area contributed by atoms with Crippen LogP contribution in [0.15, 0.2) is 24.3 Å². The Morgan fingerprint density at radius 3 is 3.17 bits per heavy atom. The van der Waals surface area contributed by atoms with Crippen molar-refractivity contribution in [1.29, 1.82) is 0 Å². The molecule has 2 aromatic rings. The Morgan fingerprint density at radius 2 is 2.35 bits per heavy atom. The van der Waals surface area contributed by atoms with Crippen molar-refractivity contribution in [2.24, 2.45) is 0 Å². The van der Waals surface area contributed by atoms with E-state index in [0.29, 0.717) is 12.6 Å². The van der Waals surface area contributed by atoms with E-state index in [1.807, 2.05) is 24.3 Å². The van der Waals surface area contributed by atoms with Gasteiger partial charge in [0.25, 0.3) is 0 Å². The topological polar surface area (TPSA) is 54.5 Å². The maximum Gasteiger partial charge on any atom is 0.246 e. The molecule has 0 bridgehead atoms. The number of hydrogen-bond donors (Lipinski definition) is 1. The van der Waals surface area contributed by atoms with Gasteiger partial charge >= 0.3 is 0 Å². The number of fused-ring (bicyclic) bond motifs is 1. The van der Waals surface area contributed by atoms with Crippen LogP contribution >= 0.6 is 11.3 Å². The predicted octanol–water partition coefficient (Wildman–Crippen LogP) is 2.41. The number of carbonyl (C=O) groups excluding carboxylic acids is 1. The molecule has 3 rings (SSSR count). The molecule has 2 heterocycles. The number of likely N-dealkylation sites (N-methyl/N-ethyl adjacent to an activating group) is 1. The van der Waals surface area contributed by atoms with Gasteiger partial charge in [0.2, 0.25) is 5.91 Å². The van der Waals surface area contributed by atoms with Crippen molar-refractivity contribution >= 4 is 27.5 Å². The van der Waals surface area contributed by atoms with Crippen molar-refractivity contribution < 1.29 is 9.53 Å². The lowest BCUT2D eigenvalue weighted by Crippen LogP contribution is -2.41. The summed E-state index contributed by atoms with van der Waals surface area (Å²) in [6, 6.07) is 8.49. The van der Waals surface area contributed by atoms with Crippen LogP contribution in [-0.4, -0.2) is 48.1 Å². The maximum atomic E-state index is 11.9. The summed E-state index contributed by atoms with van der Waals surface area (Å²) in [7, 11) is 0. The third-order valence-corrected chi connectivity index (χ3v) is 5.25. The molecule has 1 amide bonds. The maximum absolute atomic E-state index is 11.9. The summed E-state index contributed by atoms with van der Waals surface area (Å²) in [5.74, 6) is -0.0472. The van der Waals surface area contributed by atoms with Crippen LogP contribution in [0.5, 0.6) is 0 Å². The molecule has 23 heavy (non-hydrogen) atoms.